The van der Waals surface area contributed by atoms with Gasteiger partial charge in [0.15, 0.2) is 0 Å². The van der Waals surface area contributed by atoms with Crippen LogP contribution in [0.4, 0.5) is 11.4 Å². The second-order valence-electron chi connectivity index (χ2n) is 5.94. The first-order valence-corrected chi connectivity index (χ1v) is 8.01. The van der Waals surface area contributed by atoms with Gasteiger partial charge in [-0.2, -0.15) is 4.98 Å². The number of rotatable bonds is 6. The summed E-state index contributed by atoms with van der Waals surface area (Å²) in [5.41, 5.74) is 1.65. The third-order valence-electron chi connectivity index (χ3n) is 3.66. The number of nitrogens with zero attached hydrogens (tertiary/aromatic N) is 3. The molecular weight excluding hydrogens is 336 g/mol. The summed E-state index contributed by atoms with van der Waals surface area (Å²) in [5.74, 6) is 1.34. The molecular formula is C18H18N4O4. The zero-order chi connectivity index (χ0) is 18.7. The molecule has 0 unspecified atom stereocenters. The first kappa shape index (κ1) is 17.4. The summed E-state index contributed by atoms with van der Waals surface area (Å²) in [4.78, 5) is 15.3. The lowest BCUT2D eigenvalue weighted by Gasteiger charge is -2.10. The summed E-state index contributed by atoms with van der Waals surface area (Å²) >= 11 is 0. The lowest BCUT2D eigenvalue weighted by molar-refractivity contribution is -0.383. The van der Waals surface area contributed by atoms with E-state index in [2.05, 4.69) is 15.5 Å². The third kappa shape index (κ3) is 3.64. The molecule has 0 fully saturated rings. The van der Waals surface area contributed by atoms with Gasteiger partial charge in [0.05, 0.1) is 12.0 Å². The van der Waals surface area contributed by atoms with E-state index in [1.807, 2.05) is 26.0 Å². The summed E-state index contributed by atoms with van der Waals surface area (Å²) in [5, 5.41) is 18.4. The average Bonchev–Trinajstić information content (AvgIpc) is 3.11. The van der Waals surface area contributed by atoms with Gasteiger partial charge in [0.1, 0.15) is 11.4 Å². The van der Waals surface area contributed by atoms with Crippen molar-refractivity contribution in [3.63, 3.8) is 0 Å². The molecule has 0 aliphatic rings. The molecule has 0 radical (unpaired) electrons. The molecule has 0 spiro atoms. The van der Waals surface area contributed by atoms with Crippen molar-refractivity contribution in [2.24, 2.45) is 0 Å². The minimum atomic E-state index is -0.436. The Morgan fingerprint density at radius 3 is 2.46 bits per heavy atom. The number of nitrogens with one attached hydrogen (secondary N) is 1. The van der Waals surface area contributed by atoms with E-state index < -0.39 is 4.92 Å². The number of nitro benzene ring substituents is 1. The molecule has 0 aliphatic heterocycles. The van der Waals surface area contributed by atoms with Crippen LogP contribution in [0.2, 0.25) is 0 Å². The van der Waals surface area contributed by atoms with E-state index >= 15 is 0 Å². The van der Waals surface area contributed by atoms with E-state index in [1.165, 1.54) is 6.07 Å². The Labute approximate surface area is 150 Å². The van der Waals surface area contributed by atoms with Crippen molar-refractivity contribution in [1.29, 1.82) is 0 Å². The lowest BCUT2D eigenvalue weighted by Crippen LogP contribution is -2.11. The molecule has 3 rings (SSSR count). The van der Waals surface area contributed by atoms with E-state index in [0.717, 1.165) is 11.3 Å². The number of hydrogen-bond acceptors (Lipinski definition) is 7. The molecule has 0 saturated heterocycles. The molecule has 0 aliphatic carbocycles. The molecule has 26 heavy (non-hydrogen) atoms. The third-order valence-corrected chi connectivity index (χ3v) is 3.66. The lowest BCUT2D eigenvalue weighted by atomic mass is 10.1. The molecule has 134 valence electrons. The van der Waals surface area contributed by atoms with Crippen LogP contribution in [0.1, 0.15) is 13.8 Å². The van der Waals surface area contributed by atoms with Crippen LogP contribution in [0.3, 0.4) is 0 Å². The van der Waals surface area contributed by atoms with Gasteiger partial charge < -0.3 is 14.6 Å². The van der Waals surface area contributed by atoms with Crippen LogP contribution < -0.4 is 10.1 Å². The second-order valence-corrected chi connectivity index (χ2v) is 5.94. The van der Waals surface area contributed by atoms with Crippen LogP contribution in [-0.2, 0) is 0 Å². The first-order chi connectivity index (χ1) is 12.5. The number of aromatic nitrogens is 2. The van der Waals surface area contributed by atoms with Crippen molar-refractivity contribution in [2.75, 3.05) is 12.4 Å². The van der Waals surface area contributed by atoms with Crippen molar-refractivity contribution in [2.45, 2.75) is 19.9 Å². The molecule has 0 saturated carbocycles. The molecule has 0 atom stereocenters. The Morgan fingerprint density at radius 2 is 1.85 bits per heavy atom. The molecule has 1 N–H and O–H groups in total. The Morgan fingerprint density at radius 1 is 1.15 bits per heavy atom. The number of benzene rings is 2. The summed E-state index contributed by atoms with van der Waals surface area (Å²) in [6, 6.07) is 12.1. The fourth-order valence-electron chi connectivity index (χ4n) is 2.45. The SMILES string of the molecule is COc1ccc(-c2noc(-c3ccc(NC(C)C)c([N+](=O)[O-])c3)n2)cc1. The van der Waals surface area contributed by atoms with Crippen molar-refractivity contribution < 1.29 is 14.2 Å². The monoisotopic (exact) mass is 354 g/mol. The second kappa shape index (κ2) is 7.22. The van der Waals surface area contributed by atoms with Crippen LogP contribution in [-0.4, -0.2) is 28.2 Å². The summed E-state index contributed by atoms with van der Waals surface area (Å²) in [7, 11) is 1.59. The van der Waals surface area contributed by atoms with Gasteiger partial charge in [-0.1, -0.05) is 5.16 Å². The fourth-order valence-corrected chi connectivity index (χ4v) is 2.45. The normalized spacial score (nSPS) is 10.8. The Bertz CT molecular complexity index is 919. The van der Waals surface area contributed by atoms with E-state index in [1.54, 1.807) is 31.4 Å². The number of nitro groups is 1. The fraction of sp³-hybridized carbons (Fsp3) is 0.222. The molecule has 1 heterocycles. The molecule has 3 aromatic rings. The van der Waals surface area contributed by atoms with Gasteiger partial charge in [-0.05, 0) is 50.2 Å². The predicted octanol–water partition coefficient (Wildman–Crippen LogP) is 4.14. The largest absolute Gasteiger partial charge is 0.497 e. The standard InChI is InChI=1S/C18H18N4O4/c1-11(2)19-15-9-6-13(10-16(15)22(23)24)18-20-17(21-26-18)12-4-7-14(25-3)8-5-12/h4-11,19H,1-3H3. The molecule has 1 aromatic heterocycles. The van der Waals surface area contributed by atoms with E-state index in [0.29, 0.717) is 17.1 Å². The van der Waals surface area contributed by atoms with Gasteiger partial charge in [-0.3, -0.25) is 10.1 Å². The number of methoxy groups -OCH3 is 1. The van der Waals surface area contributed by atoms with E-state index in [9.17, 15) is 10.1 Å². The highest BCUT2D eigenvalue weighted by Crippen LogP contribution is 2.31. The maximum Gasteiger partial charge on any atom is 0.293 e. The molecule has 0 bridgehead atoms. The minimum Gasteiger partial charge on any atom is -0.497 e. The van der Waals surface area contributed by atoms with Gasteiger partial charge in [0.25, 0.3) is 11.6 Å². The highest BCUT2D eigenvalue weighted by Gasteiger charge is 2.19. The van der Waals surface area contributed by atoms with Gasteiger partial charge >= 0.3 is 0 Å². The summed E-state index contributed by atoms with van der Waals surface area (Å²) in [6.07, 6.45) is 0. The quantitative estimate of drug-likeness (QED) is 0.524. The van der Waals surface area contributed by atoms with Crippen LogP contribution in [0.25, 0.3) is 22.8 Å². The Hall–Kier alpha value is -3.42. The molecule has 0 amide bonds. The van der Waals surface area contributed by atoms with Gasteiger partial charge in [0.2, 0.25) is 5.82 Å². The van der Waals surface area contributed by atoms with Crippen molar-refractivity contribution in [3.05, 3.63) is 52.6 Å². The smallest absolute Gasteiger partial charge is 0.293 e. The van der Waals surface area contributed by atoms with Crippen molar-refractivity contribution in [3.8, 4) is 28.6 Å². The molecule has 8 nitrogen and oxygen atoms in total. The predicted molar refractivity (Wildman–Crippen MR) is 97.1 cm³/mol. The molecule has 2 aromatic carbocycles. The van der Waals surface area contributed by atoms with Crippen molar-refractivity contribution >= 4 is 11.4 Å². The zero-order valence-electron chi connectivity index (χ0n) is 14.6. The van der Waals surface area contributed by atoms with Crippen molar-refractivity contribution in [1.82, 2.24) is 10.1 Å². The minimum absolute atomic E-state index is 0.0413. The maximum atomic E-state index is 11.4. The summed E-state index contributed by atoms with van der Waals surface area (Å²) in [6.45, 7) is 3.83. The first-order valence-electron chi connectivity index (χ1n) is 8.01. The number of anilines is 1. The van der Waals surface area contributed by atoms with Crippen LogP contribution in [0.5, 0.6) is 5.75 Å². The van der Waals surface area contributed by atoms with Gasteiger partial charge in [-0.15, -0.1) is 0 Å². The van der Waals surface area contributed by atoms with Gasteiger partial charge in [0, 0.05) is 23.2 Å². The van der Waals surface area contributed by atoms with Crippen LogP contribution in [0, 0.1) is 10.1 Å². The Kier molecular flexibility index (Phi) is 4.83. The maximum absolute atomic E-state index is 11.4. The van der Waals surface area contributed by atoms with Crippen LogP contribution in [0.15, 0.2) is 47.0 Å². The van der Waals surface area contributed by atoms with Crippen LogP contribution >= 0.6 is 0 Å². The number of hydrogen-bond donors (Lipinski definition) is 1. The highest BCUT2D eigenvalue weighted by atomic mass is 16.6. The Balaban J connectivity index is 1.93. The number of ether oxygens (including phenoxy) is 1. The highest BCUT2D eigenvalue weighted by molar-refractivity contribution is 5.70. The van der Waals surface area contributed by atoms with E-state index in [-0.39, 0.29) is 17.6 Å². The summed E-state index contributed by atoms with van der Waals surface area (Å²) < 4.78 is 10.4. The topological polar surface area (TPSA) is 103 Å². The zero-order valence-corrected chi connectivity index (χ0v) is 14.6. The van der Waals surface area contributed by atoms with E-state index in [4.69, 9.17) is 9.26 Å². The average molecular weight is 354 g/mol. The van der Waals surface area contributed by atoms with Gasteiger partial charge in [-0.25, -0.2) is 0 Å². The molecule has 8 heteroatoms.